The Labute approximate surface area is 264 Å². The van der Waals surface area contributed by atoms with Crippen LogP contribution in [0.5, 0.6) is 0 Å². The molecule has 0 saturated carbocycles. The fourth-order valence-electron chi connectivity index (χ4n) is 7.41. The van der Waals surface area contributed by atoms with Crippen LogP contribution in [0, 0.1) is 0 Å². The number of para-hydroxylation sites is 3. The third kappa shape index (κ3) is 3.44. The molecular weight excluding hydrogens is 560 g/mol. The fourth-order valence-corrected chi connectivity index (χ4v) is 7.41. The van der Waals surface area contributed by atoms with E-state index >= 15 is 0 Å². The van der Waals surface area contributed by atoms with Crippen LogP contribution in [0.1, 0.15) is 0 Å². The van der Waals surface area contributed by atoms with Crippen LogP contribution in [0.25, 0.3) is 88.4 Å². The van der Waals surface area contributed by atoms with Crippen LogP contribution in [-0.2, 0) is 0 Å². The maximum Gasteiger partial charge on any atom is 0.235 e. The van der Waals surface area contributed by atoms with Crippen LogP contribution >= 0.6 is 0 Å². The standard InChI is InChI=1S/C42H26N4/c1-3-15-27(16-4-1)37-32-22-10-13-25-35(32)45-39(37)29-19-7-8-20-30(29)40-41(45)33-23-11-14-26-36(33)46(40)42-43-34-24-12-9-21-31(34)38(44-42)28-17-5-2-6-18-28/h1-26H. The molecule has 10 aromatic rings. The Morgan fingerprint density at radius 2 is 0.913 bits per heavy atom. The van der Waals surface area contributed by atoms with Crippen LogP contribution in [0.2, 0.25) is 0 Å². The van der Waals surface area contributed by atoms with Crippen molar-refractivity contribution in [1.82, 2.24) is 18.9 Å². The average Bonchev–Trinajstić information content (AvgIpc) is 3.66. The van der Waals surface area contributed by atoms with E-state index in [0.29, 0.717) is 5.95 Å². The zero-order valence-electron chi connectivity index (χ0n) is 24.8. The molecule has 0 radical (unpaired) electrons. The number of pyridine rings is 1. The van der Waals surface area contributed by atoms with Gasteiger partial charge in [-0.25, -0.2) is 9.97 Å². The molecule has 214 valence electrons. The van der Waals surface area contributed by atoms with Crippen molar-refractivity contribution in [3.05, 3.63) is 158 Å². The van der Waals surface area contributed by atoms with E-state index < -0.39 is 0 Å². The van der Waals surface area contributed by atoms with E-state index in [2.05, 4.69) is 161 Å². The summed E-state index contributed by atoms with van der Waals surface area (Å²) < 4.78 is 4.76. The molecule has 10 rings (SSSR count). The lowest BCUT2D eigenvalue weighted by molar-refractivity contribution is 1.02. The van der Waals surface area contributed by atoms with Crippen LogP contribution < -0.4 is 0 Å². The molecule has 4 heteroatoms. The molecule has 6 aromatic carbocycles. The summed E-state index contributed by atoms with van der Waals surface area (Å²) in [5, 5.41) is 5.79. The van der Waals surface area contributed by atoms with Crippen LogP contribution in [0.4, 0.5) is 0 Å². The van der Waals surface area contributed by atoms with Crippen molar-refractivity contribution in [3.8, 4) is 28.3 Å². The van der Waals surface area contributed by atoms with Crippen molar-refractivity contribution >= 4 is 60.0 Å². The van der Waals surface area contributed by atoms with Gasteiger partial charge in [-0.05, 0) is 23.8 Å². The Kier molecular flexibility index (Phi) is 5.25. The normalized spacial score (nSPS) is 11.9. The summed E-state index contributed by atoms with van der Waals surface area (Å²) in [5.74, 6) is 0.660. The summed E-state index contributed by atoms with van der Waals surface area (Å²) in [5.41, 5.74) is 11.1. The highest BCUT2D eigenvalue weighted by Crippen LogP contribution is 2.45. The minimum absolute atomic E-state index is 0.660. The van der Waals surface area contributed by atoms with E-state index in [0.717, 1.165) is 44.1 Å². The van der Waals surface area contributed by atoms with E-state index in [1.54, 1.807) is 0 Å². The quantitative estimate of drug-likeness (QED) is 0.206. The first kappa shape index (κ1) is 25.1. The van der Waals surface area contributed by atoms with Crippen molar-refractivity contribution in [2.24, 2.45) is 0 Å². The smallest absolute Gasteiger partial charge is 0.235 e. The van der Waals surface area contributed by atoms with Crippen molar-refractivity contribution in [2.45, 2.75) is 0 Å². The second-order valence-electron chi connectivity index (χ2n) is 11.8. The maximum atomic E-state index is 5.36. The molecule has 0 saturated heterocycles. The first-order chi connectivity index (χ1) is 22.9. The highest BCUT2D eigenvalue weighted by Gasteiger charge is 2.25. The van der Waals surface area contributed by atoms with Crippen molar-refractivity contribution in [3.63, 3.8) is 0 Å². The monoisotopic (exact) mass is 586 g/mol. The van der Waals surface area contributed by atoms with Gasteiger partial charge in [-0.15, -0.1) is 0 Å². The number of rotatable bonds is 3. The molecule has 0 fully saturated rings. The molecule has 0 aliphatic heterocycles. The van der Waals surface area contributed by atoms with E-state index in [1.165, 1.54) is 38.3 Å². The largest absolute Gasteiger partial charge is 0.306 e. The summed E-state index contributed by atoms with van der Waals surface area (Å²) in [6.07, 6.45) is 0. The van der Waals surface area contributed by atoms with Gasteiger partial charge in [-0.2, -0.15) is 0 Å². The Hall–Kier alpha value is -6.26. The summed E-state index contributed by atoms with van der Waals surface area (Å²) in [7, 11) is 0. The van der Waals surface area contributed by atoms with Gasteiger partial charge in [-0.1, -0.05) is 140 Å². The molecule has 0 atom stereocenters. The number of benzene rings is 6. The Bertz CT molecular complexity index is 2790. The van der Waals surface area contributed by atoms with E-state index in [1.807, 2.05) is 6.07 Å². The topological polar surface area (TPSA) is 35.1 Å². The van der Waals surface area contributed by atoms with Gasteiger partial charge in [0.2, 0.25) is 5.95 Å². The number of hydrogen-bond donors (Lipinski definition) is 0. The van der Waals surface area contributed by atoms with Crippen molar-refractivity contribution < 1.29 is 0 Å². The van der Waals surface area contributed by atoms with Crippen LogP contribution in [0.15, 0.2) is 158 Å². The minimum atomic E-state index is 0.660. The van der Waals surface area contributed by atoms with Gasteiger partial charge in [0.25, 0.3) is 0 Å². The SMILES string of the molecule is c1ccc(-c2nc(-n3c4ccccc4c4c3c3ccccc3c3c(-c5ccccc5)c5ccccc5n34)nc3ccccc23)cc1. The number of aromatic nitrogens is 4. The summed E-state index contributed by atoms with van der Waals surface area (Å²) in [6.45, 7) is 0. The number of fused-ring (bicyclic) bond motifs is 11. The van der Waals surface area contributed by atoms with Gasteiger partial charge >= 0.3 is 0 Å². The van der Waals surface area contributed by atoms with Crippen LogP contribution in [-0.4, -0.2) is 18.9 Å². The van der Waals surface area contributed by atoms with Crippen LogP contribution in [0.3, 0.4) is 0 Å². The van der Waals surface area contributed by atoms with Gasteiger partial charge in [-0.3, -0.25) is 4.57 Å². The Morgan fingerprint density at radius 1 is 0.370 bits per heavy atom. The molecule has 0 amide bonds. The molecule has 0 spiro atoms. The van der Waals surface area contributed by atoms with Gasteiger partial charge in [0.15, 0.2) is 0 Å². The summed E-state index contributed by atoms with van der Waals surface area (Å²) >= 11 is 0. The lowest BCUT2D eigenvalue weighted by atomic mass is 10.00. The third-order valence-corrected chi connectivity index (χ3v) is 9.28. The molecule has 4 aromatic heterocycles. The molecule has 0 N–H and O–H groups in total. The lowest BCUT2D eigenvalue weighted by Gasteiger charge is -2.14. The molecule has 0 aliphatic carbocycles. The van der Waals surface area contributed by atoms with E-state index in [4.69, 9.17) is 9.97 Å². The minimum Gasteiger partial charge on any atom is -0.306 e. The maximum absolute atomic E-state index is 5.36. The van der Waals surface area contributed by atoms with Gasteiger partial charge in [0, 0.05) is 38.1 Å². The highest BCUT2D eigenvalue weighted by molar-refractivity contribution is 6.26. The van der Waals surface area contributed by atoms with E-state index in [9.17, 15) is 0 Å². The summed E-state index contributed by atoms with van der Waals surface area (Å²) in [6, 6.07) is 55.8. The molecule has 46 heavy (non-hydrogen) atoms. The third-order valence-electron chi connectivity index (χ3n) is 9.28. The Morgan fingerprint density at radius 3 is 1.65 bits per heavy atom. The zero-order valence-corrected chi connectivity index (χ0v) is 24.8. The second kappa shape index (κ2) is 9.62. The van der Waals surface area contributed by atoms with Crippen molar-refractivity contribution in [2.75, 3.05) is 0 Å². The molecule has 0 bridgehead atoms. The first-order valence-electron chi connectivity index (χ1n) is 15.6. The lowest BCUT2D eigenvalue weighted by Crippen LogP contribution is -2.04. The fraction of sp³-hybridized carbons (Fsp3) is 0. The Balaban J connectivity index is 1.46. The summed E-state index contributed by atoms with van der Waals surface area (Å²) in [4.78, 5) is 10.6. The first-order valence-corrected chi connectivity index (χ1v) is 15.6. The predicted molar refractivity (Wildman–Crippen MR) is 191 cm³/mol. The number of nitrogens with zero attached hydrogens (tertiary/aromatic N) is 4. The molecule has 0 unspecified atom stereocenters. The second-order valence-corrected chi connectivity index (χ2v) is 11.8. The molecule has 4 nitrogen and oxygen atoms in total. The predicted octanol–water partition coefficient (Wildman–Crippen LogP) is 10.6. The van der Waals surface area contributed by atoms with E-state index in [-0.39, 0.29) is 0 Å². The molecular formula is C42H26N4. The average molecular weight is 587 g/mol. The zero-order chi connectivity index (χ0) is 30.2. The number of hydrogen-bond acceptors (Lipinski definition) is 2. The molecule has 0 aliphatic rings. The van der Waals surface area contributed by atoms with Gasteiger partial charge in [0.05, 0.1) is 38.8 Å². The molecule has 4 heterocycles. The van der Waals surface area contributed by atoms with Gasteiger partial charge < -0.3 is 4.40 Å². The van der Waals surface area contributed by atoms with Crippen molar-refractivity contribution in [1.29, 1.82) is 0 Å². The van der Waals surface area contributed by atoms with Gasteiger partial charge in [0.1, 0.15) is 0 Å². The highest BCUT2D eigenvalue weighted by atomic mass is 15.2.